The minimum atomic E-state index is -0.419. The summed E-state index contributed by atoms with van der Waals surface area (Å²) in [5.41, 5.74) is 1.10. The normalized spacial score (nSPS) is 17.4. The van der Waals surface area contributed by atoms with E-state index in [0.29, 0.717) is 18.2 Å². The summed E-state index contributed by atoms with van der Waals surface area (Å²) >= 11 is 0. The Labute approximate surface area is 170 Å². The highest BCUT2D eigenvalue weighted by molar-refractivity contribution is 6.62. The Hall–Kier alpha value is -2.46. The van der Waals surface area contributed by atoms with E-state index < -0.39 is 13.1 Å². The smallest absolute Gasteiger partial charge is 0.485 e. The van der Waals surface area contributed by atoms with E-state index in [1.165, 1.54) is 4.80 Å². The standard InChI is InChI=1S/C19H27BN4O5/c1-7-26-17(25)11-24-22-16(21-23-24)12-27-15-9-8-14(10-13(15)2)20-28-18(3,4)19(5,6)29-20/h8-10H,7,11-12H2,1-6H3. The SMILES string of the molecule is CCOC(=O)Cn1nnc(COc2ccc(B3OC(C)(C)C(C)(C)O3)cc2C)n1. The second kappa shape index (κ2) is 8.12. The van der Waals surface area contributed by atoms with Crippen molar-refractivity contribution in [2.45, 2.75) is 65.9 Å². The van der Waals surface area contributed by atoms with Gasteiger partial charge in [0.2, 0.25) is 5.82 Å². The molecule has 1 aromatic carbocycles. The highest BCUT2D eigenvalue weighted by Gasteiger charge is 2.51. The van der Waals surface area contributed by atoms with Crippen LogP contribution in [-0.4, -0.2) is 51.1 Å². The topological polar surface area (TPSA) is 97.6 Å². The molecule has 0 amide bonds. The maximum absolute atomic E-state index is 11.5. The van der Waals surface area contributed by atoms with Gasteiger partial charge in [-0.1, -0.05) is 12.1 Å². The van der Waals surface area contributed by atoms with Crippen LogP contribution in [0.4, 0.5) is 0 Å². The maximum Gasteiger partial charge on any atom is 0.494 e. The Morgan fingerprint density at radius 2 is 1.90 bits per heavy atom. The molecule has 2 heterocycles. The average molecular weight is 402 g/mol. The van der Waals surface area contributed by atoms with E-state index in [2.05, 4.69) is 15.4 Å². The third-order valence-corrected chi connectivity index (χ3v) is 5.15. The quantitative estimate of drug-likeness (QED) is 0.507. The molecule has 0 unspecified atom stereocenters. The molecule has 1 saturated heterocycles. The summed E-state index contributed by atoms with van der Waals surface area (Å²) in [6, 6.07) is 5.79. The largest absolute Gasteiger partial charge is 0.494 e. The molecule has 0 spiro atoms. The molecule has 1 aromatic heterocycles. The first kappa shape index (κ1) is 21.3. The van der Waals surface area contributed by atoms with Gasteiger partial charge in [0.1, 0.15) is 5.75 Å². The Kier molecular flexibility index (Phi) is 5.95. The average Bonchev–Trinajstić information content (AvgIpc) is 3.15. The lowest BCUT2D eigenvalue weighted by atomic mass is 9.78. The van der Waals surface area contributed by atoms with Crippen LogP contribution >= 0.6 is 0 Å². The minimum absolute atomic E-state index is 0.0807. The van der Waals surface area contributed by atoms with Gasteiger partial charge in [-0.15, -0.1) is 10.2 Å². The van der Waals surface area contributed by atoms with Gasteiger partial charge in [-0.25, -0.2) is 4.79 Å². The van der Waals surface area contributed by atoms with Crippen molar-refractivity contribution in [1.29, 1.82) is 0 Å². The first-order valence-electron chi connectivity index (χ1n) is 9.62. The molecular weight excluding hydrogens is 375 g/mol. The Morgan fingerprint density at radius 3 is 2.52 bits per heavy atom. The van der Waals surface area contributed by atoms with Crippen molar-refractivity contribution in [2.24, 2.45) is 0 Å². The fourth-order valence-electron chi connectivity index (χ4n) is 2.83. The van der Waals surface area contributed by atoms with Gasteiger partial charge >= 0.3 is 13.1 Å². The third-order valence-electron chi connectivity index (χ3n) is 5.15. The van der Waals surface area contributed by atoms with Crippen molar-refractivity contribution in [3.8, 4) is 5.75 Å². The Morgan fingerprint density at radius 1 is 1.21 bits per heavy atom. The number of nitrogens with zero attached hydrogens (tertiary/aromatic N) is 4. The van der Waals surface area contributed by atoms with Gasteiger partial charge in [0.15, 0.2) is 13.2 Å². The van der Waals surface area contributed by atoms with Crippen molar-refractivity contribution < 1.29 is 23.6 Å². The zero-order valence-corrected chi connectivity index (χ0v) is 17.8. The summed E-state index contributed by atoms with van der Waals surface area (Å²) in [7, 11) is -0.419. The molecule has 1 aliphatic rings. The van der Waals surface area contributed by atoms with Crippen molar-refractivity contribution in [3.05, 3.63) is 29.6 Å². The highest BCUT2D eigenvalue weighted by Crippen LogP contribution is 2.36. The zero-order valence-electron chi connectivity index (χ0n) is 17.8. The number of aromatic nitrogens is 4. The van der Waals surface area contributed by atoms with Crippen LogP contribution in [0.2, 0.25) is 0 Å². The molecule has 0 N–H and O–H groups in total. The molecule has 156 valence electrons. The number of esters is 1. The number of rotatable bonds is 7. The molecule has 1 aliphatic heterocycles. The lowest BCUT2D eigenvalue weighted by molar-refractivity contribution is -0.144. The van der Waals surface area contributed by atoms with Crippen molar-refractivity contribution in [1.82, 2.24) is 20.2 Å². The third kappa shape index (κ3) is 4.76. The van der Waals surface area contributed by atoms with Gasteiger partial charge < -0.3 is 18.8 Å². The molecule has 1 fully saturated rings. The summed E-state index contributed by atoms with van der Waals surface area (Å²) in [4.78, 5) is 12.6. The fourth-order valence-corrected chi connectivity index (χ4v) is 2.83. The van der Waals surface area contributed by atoms with Gasteiger partial charge in [-0.05, 0) is 63.8 Å². The molecule has 0 saturated carbocycles. The van der Waals surface area contributed by atoms with Crippen LogP contribution in [0.25, 0.3) is 0 Å². The molecule has 3 rings (SSSR count). The number of aryl methyl sites for hydroxylation is 1. The van der Waals surface area contributed by atoms with Crippen LogP contribution in [0.15, 0.2) is 18.2 Å². The van der Waals surface area contributed by atoms with Gasteiger partial charge in [0.25, 0.3) is 0 Å². The number of carbonyl (C=O) groups is 1. The van der Waals surface area contributed by atoms with Gasteiger partial charge in [-0.2, -0.15) is 4.80 Å². The molecule has 2 aromatic rings. The van der Waals surface area contributed by atoms with E-state index >= 15 is 0 Å². The lowest BCUT2D eigenvalue weighted by Gasteiger charge is -2.32. The molecule has 0 bridgehead atoms. The number of hydrogen-bond acceptors (Lipinski definition) is 8. The zero-order chi connectivity index (χ0) is 21.2. The van der Waals surface area contributed by atoms with E-state index in [1.807, 2.05) is 52.8 Å². The van der Waals surface area contributed by atoms with E-state index in [9.17, 15) is 4.79 Å². The van der Waals surface area contributed by atoms with Crippen LogP contribution in [0.3, 0.4) is 0 Å². The van der Waals surface area contributed by atoms with Gasteiger partial charge in [0.05, 0.1) is 17.8 Å². The Balaban J connectivity index is 1.61. The molecular formula is C19H27BN4O5. The van der Waals surface area contributed by atoms with Gasteiger partial charge in [-0.3, -0.25) is 0 Å². The molecule has 0 radical (unpaired) electrons. The second-order valence-electron chi connectivity index (χ2n) is 7.94. The number of carbonyl (C=O) groups excluding carboxylic acids is 1. The van der Waals surface area contributed by atoms with Crippen molar-refractivity contribution in [2.75, 3.05) is 6.61 Å². The molecule has 0 atom stereocenters. The minimum Gasteiger partial charge on any atom is -0.485 e. The van der Waals surface area contributed by atoms with E-state index in [0.717, 1.165) is 11.0 Å². The van der Waals surface area contributed by atoms with Crippen LogP contribution in [-0.2, 0) is 32.0 Å². The Bertz CT molecular complexity index is 867. The summed E-state index contributed by atoms with van der Waals surface area (Å²) in [6.07, 6.45) is 0. The summed E-state index contributed by atoms with van der Waals surface area (Å²) in [5, 5.41) is 11.8. The summed E-state index contributed by atoms with van der Waals surface area (Å²) in [5.74, 6) is 0.669. The van der Waals surface area contributed by atoms with Crippen molar-refractivity contribution >= 4 is 18.6 Å². The predicted molar refractivity (Wildman–Crippen MR) is 106 cm³/mol. The number of hydrogen-bond donors (Lipinski definition) is 0. The summed E-state index contributed by atoms with van der Waals surface area (Å²) in [6.45, 7) is 12.2. The first-order chi connectivity index (χ1) is 13.6. The highest BCUT2D eigenvalue weighted by atomic mass is 16.7. The predicted octanol–water partition coefficient (Wildman–Crippen LogP) is 1.42. The first-order valence-corrected chi connectivity index (χ1v) is 9.62. The number of benzene rings is 1. The van der Waals surface area contributed by atoms with E-state index in [-0.39, 0.29) is 24.4 Å². The summed E-state index contributed by atoms with van der Waals surface area (Å²) < 4.78 is 22.9. The molecule has 10 heteroatoms. The van der Waals surface area contributed by atoms with E-state index in [1.54, 1.807) is 6.92 Å². The maximum atomic E-state index is 11.5. The van der Waals surface area contributed by atoms with Crippen LogP contribution in [0.1, 0.15) is 46.0 Å². The van der Waals surface area contributed by atoms with Crippen LogP contribution in [0, 0.1) is 6.92 Å². The van der Waals surface area contributed by atoms with Crippen molar-refractivity contribution in [3.63, 3.8) is 0 Å². The number of ether oxygens (including phenoxy) is 2. The van der Waals surface area contributed by atoms with Gasteiger partial charge in [0, 0.05) is 0 Å². The van der Waals surface area contributed by atoms with Crippen LogP contribution in [0.5, 0.6) is 5.75 Å². The number of tetrazole rings is 1. The lowest BCUT2D eigenvalue weighted by Crippen LogP contribution is -2.41. The molecule has 0 aliphatic carbocycles. The van der Waals surface area contributed by atoms with Crippen LogP contribution < -0.4 is 10.2 Å². The fraction of sp³-hybridized carbons (Fsp3) is 0.579. The molecule has 9 nitrogen and oxygen atoms in total. The monoisotopic (exact) mass is 402 g/mol. The second-order valence-corrected chi connectivity index (χ2v) is 7.94. The van der Waals surface area contributed by atoms with E-state index in [4.69, 9.17) is 18.8 Å². The molecule has 29 heavy (non-hydrogen) atoms.